The Labute approximate surface area is 132 Å². The maximum atomic E-state index is 10.2. The lowest BCUT2D eigenvalue weighted by Crippen LogP contribution is -1.90. The Bertz CT molecular complexity index is 843. The predicted molar refractivity (Wildman–Crippen MR) is 84.6 cm³/mol. The Kier molecular flexibility index (Phi) is 3.66. The van der Waals surface area contributed by atoms with Gasteiger partial charge in [-0.05, 0) is 12.1 Å². The SMILES string of the molecule is COc1ccc2c(O)cc(-c3cc(C(C)C)on3)nc2c1Cl. The van der Waals surface area contributed by atoms with Gasteiger partial charge in [-0.25, -0.2) is 4.98 Å². The second kappa shape index (κ2) is 5.50. The molecule has 0 bridgehead atoms. The molecule has 1 aromatic carbocycles. The molecule has 6 heteroatoms. The minimum absolute atomic E-state index is 0.0821. The van der Waals surface area contributed by atoms with Crippen molar-refractivity contribution in [2.75, 3.05) is 7.11 Å². The first-order valence-electron chi connectivity index (χ1n) is 6.84. The molecule has 0 saturated heterocycles. The van der Waals surface area contributed by atoms with Crippen molar-refractivity contribution in [2.24, 2.45) is 0 Å². The lowest BCUT2D eigenvalue weighted by atomic mass is 10.1. The van der Waals surface area contributed by atoms with Crippen molar-refractivity contribution >= 4 is 22.5 Å². The molecule has 114 valence electrons. The molecule has 2 aromatic heterocycles. The Balaban J connectivity index is 2.20. The average Bonchev–Trinajstić information content (AvgIpc) is 2.98. The summed E-state index contributed by atoms with van der Waals surface area (Å²) in [6.45, 7) is 4.02. The summed E-state index contributed by atoms with van der Waals surface area (Å²) in [4.78, 5) is 4.49. The highest BCUT2D eigenvalue weighted by atomic mass is 35.5. The van der Waals surface area contributed by atoms with Crippen LogP contribution < -0.4 is 4.74 Å². The van der Waals surface area contributed by atoms with E-state index >= 15 is 0 Å². The molecule has 0 saturated carbocycles. The van der Waals surface area contributed by atoms with Crippen LogP contribution in [0.15, 0.2) is 28.8 Å². The number of pyridine rings is 1. The van der Waals surface area contributed by atoms with Crippen LogP contribution in [-0.2, 0) is 0 Å². The van der Waals surface area contributed by atoms with Gasteiger partial charge in [0.15, 0.2) is 0 Å². The summed E-state index contributed by atoms with van der Waals surface area (Å²) in [5.74, 6) is 1.56. The summed E-state index contributed by atoms with van der Waals surface area (Å²) in [7, 11) is 1.53. The van der Waals surface area contributed by atoms with E-state index in [-0.39, 0.29) is 11.7 Å². The highest BCUT2D eigenvalue weighted by Gasteiger charge is 2.16. The normalized spacial score (nSPS) is 11.3. The number of fused-ring (bicyclic) bond motifs is 1. The van der Waals surface area contributed by atoms with Crippen LogP contribution in [0.3, 0.4) is 0 Å². The van der Waals surface area contributed by atoms with Crippen LogP contribution in [0.4, 0.5) is 0 Å². The zero-order valence-corrected chi connectivity index (χ0v) is 13.2. The molecular formula is C16H15ClN2O3. The van der Waals surface area contributed by atoms with E-state index in [0.29, 0.717) is 33.1 Å². The van der Waals surface area contributed by atoms with E-state index in [1.54, 1.807) is 18.2 Å². The highest BCUT2D eigenvalue weighted by Crippen LogP contribution is 2.37. The third-order valence-corrected chi connectivity index (χ3v) is 3.81. The Morgan fingerprint density at radius 3 is 2.64 bits per heavy atom. The molecule has 0 radical (unpaired) electrons. The molecule has 0 amide bonds. The molecule has 0 spiro atoms. The zero-order chi connectivity index (χ0) is 15.9. The average molecular weight is 319 g/mol. The van der Waals surface area contributed by atoms with Crippen molar-refractivity contribution in [2.45, 2.75) is 19.8 Å². The second-order valence-electron chi connectivity index (χ2n) is 5.27. The molecule has 1 N–H and O–H groups in total. The molecule has 0 fully saturated rings. The van der Waals surface area contributed by atoms with E-state index in [2.05, 4.69) is 10.1 Å². The number of hydrogen-bond donors (Lipinski definition) is 1. The third-order valence-electron chi connectivity index (χ3n) is 3.44. The van der Waals surface area contributed by atoms with E-state index in [9.17, 15) is 5.11 Å². The molecule has 2 heterocycles. The molecule has 0 atom stereocenters. The third kappa shape index (κ3) is 2.37. The first-order valence-corrected chi connectivity index (χ1v) is 7.22. The van der Waals surface area contributed by atoms with Gasteiger partial charge < -0.3 is 14.4 Å². The van der Waals surface area contributed by atoms with Gasteiger partial charge in [0, 0.05) is 23.4 Å². The fourth-order valence-electron chi connectivity index (χ4n) is 2.19. The number of hydrogen-bond acceptors (Lipinski definition) is 5. The van der Waals surface area contributed by atoms with Crippen molar-refractivity contribution in [3.05, 3.63) is 35.0 Å². The van der Waals surface area contributed by atoms with Crippen molar-refractivity contribution in [1.29, 1.82) is 0 Å². The number of halogens is 1. The summed E-state index contributed by atoms with van der Waals surface area (Å²) in [6.07, 6.45) is 0. The van der Waals surface area contributed by atoms with Crippen molar-refractivity contribution in [3.63, 3.8) is 0 Å². The highest BCUT2D eigenvalue weighted by molar-refractivity contribution is 6.36. The van der Waals surface area contributed by atoms with Gasteiger partial charge in [0.25, 0.3) is 0 Å². The Hall–Kier alpha value is -2.27. The summed E-state index contributed by atoms with van der Waals surface area (Å²) in [5.41, 5.74) is 1.51. The number of benzene rings is 1. The lowest BCUT2D eigenvalue weighted by molar-refractivity contribution is 0.373. The monoisotopic (exact) mass is 318 g/mol. The van der Waals surface area contributed by atoms with Crippen LogP contribution in [0.25, 0.3) is 22.3 Å². The Morgan fingerprint density at radius 2 is 2.00 bits per heavy atom. The van der Waals surface area contributed by atoms with E-state index in [0.717, 1.165) is 5.76 Å². The van der Waals surface area contributed by atoms with Gasteiger partial charge in [-0.15, -0.1) is 0 Å². The van der Waals surface area contributed by atoms with Gasteiger partial charge in [-0.3, -0.25) is 0 Å². The molecule has 3 rings (SSSR count). The van der Waals surface area contributed by atoms with Gasteiger partial charge in [0.05, 0.1) is 18.3 Å². The molecular weight excluding hydrogens is 304 g/mol. The topological polar surface area (TPSA) is 68.4 Å². The Morgan fingerprint density at radius 1 is 1.23 bits per heavy atom. The van der Waals surface area contributed by atoms with E-state index in [1.807, 2.05) is 19.9 Å². The smallest absolute Gasteiger partial charge is 0.139 e. The van der Waals surface area contributed by atoms with Crippen LogP contribution >= 0.6 is 11.6 Å². The predicted octanol–water partition coefficient (Wildman–Crippen LogP) is 4.38. The molecule has 22 heavy (non-hydrogen) atoms. The quantitative estimate of drug-likeness (QED) is 0.776. The number of aromatic nitrogens is 2. The van der Waals surface area contributed by atoms with Crippen molar-refractivity contribution < 1.29 is 14.4 Å². The van der Waals surface area contributed by atoms with Crippen LogP contribution in [0.2, 0.25) is 5.02 Å². The largest absolute Gasteiger partial charge is 0.507 e. The fourth-order valence-corrected chi connectivity index (χ4v) is 2.48. The molecule has 0 aliphatic heterocycles. The molecule has 0 unspecified atom stereocenters. The number of aromatic hydroxyl groups is 1. The molecule has 5 nitrogen and oxygen atoms in total. The minimum atomic E-state index is 0.0821. The van der Waals surface area contributed by atoms with E-state index in [4.69, 9.17) is 20.9 Å². The molecule has 0 aliphatic carbocycles. The maximum absolute atomic E-state index is 10.2. The minimum Gasteiger partial charge on any atom is -0.507 e. The zero-order valence-electron chi connectivity index (χ0n) is 12.4. The van der Waals surface area contributed by atoms with Gasteiger partial charge in [0.2, 0.25) is 0 Å². The first kappa shape index (κ1) is 14.7. The maximum Gasteiger partial charge on any atom is 0.139 e. The van der Waals surface area contributed by atoms with Gasteiger partial charge in [0.1, 0.15) is 28.0 Å². The summed E-state index contributed by atoms with van der Waals surface area (Å²) in [5, 5.41) is 15.1. The first-order chi connectivity index (χ1) is 10.5. The van der Waals surface area contributed by atoms with Gasteiger partial charge in [-0.2, -0.15) is 0 Å². The number of ether oxygens (including phenoxy) is 1. The standard InChI is InChI=1S/C16H15ClN2O3/c1-8(2)14-7-11(19-22-14)10-6-12(20)9-4-5-13(21-3)15(17)16(9)18-10/h4-8H,1-3H3,(H,18,20). The fraction of sp³-hybridized carbons (Fsp3) is 0.250. The van der Waals surface area contributed by atoms with Crippen LogP contribution in [0.5, 0.6) is 11.5 Å². The van der Waals surface area contributed by atoms with Crippen LogP contribution in [0, 0.1) is 0 Å². The molecule has 3 aromatic rings. The number of nitrogens with zero attached hydrogens (tertiary/aromatic N) is 2. The van der Waals surface area contributed by atoms with E-state index in [1.165, 1.54) is 7.11 Å². The number of methoxy groups -OCH3 is 1. The summed E-state index contributed by atoms with van der Waals surface area (Å²) < 4.78 is 10.5. The van der Waals surface area contributed by atoms with Gasteiger partial charge >= 0.3 is 0 Å². The van der Waals surface area contributed by atoms with Crippen molar-refractivity contribution in [3.8, 4) is 22.9 Å². The second-order valence-corrected chi connectivity index (χ2v) is 5.65. The lowest BCUT2D eigenvalue weighted by Gasteiger charge is -2.08. The molecule has 0 aliphatic rings. The summed E-state index contributed by atoms with van der Waals surface area (Å²) >= 11 is 6.29. The van der Waals surface area contributed by atoms with Crippen LogP contribution in [-0.4, -0.2) is 22.4 Å². The van der Waals surface area contributed by atoms with Crippen LogP contribution in [0.1, 0.15) is 25.5 Å². The number of rotatable bonds is 3. The van der Waals surface area contributed by atoms with Crippen molar-refractivity contribution in [1.82, 2.24) is 10.1 Å². The van der Waals surface area contributed by atoms with Gasteiger partial charge in [-0.1, -0.05) is 30.6 Å². The summed E-state index contributed by atoms with van der Waals surface area (Å²) in [6, 6.07) is 6.77. The van der Waals surface area contributed by atoms with E-state index < -0.39 is 0 Å².